The van der Waals surface area contributed by atoms with Crippen molar-refractivity contribution in [2.75, 3.05) is 44.2 Å². The Morgan fingerprint density at radius 1 is 1.32 bits per heavy atom. The molecule has 1 aromatic carbocycles. The second-order valence-corrected chi connectivity index (χ2v) is 7.41. The summed E-state index contributed by atoms with van der Waals surface area (Å²) in [5, 5.41) is 6.89. The minimum Gasteiger partial charge on any atom is -0.373 e. The molecule has 138 valence electrons. The molecular formula is C20H32N4O. The standard InChI is InChI=1S/C20H32N4O/c1-3-21-19(23-16-20(2)11-7-13-25-20)22-14-17-10-12-24(15-17)18-8-5-4-6-9-18/h4-6,8-9,17H,3,7,10-16H2,1-2H3,(H2,21,22,23). The van der Waals surface area contributed by atoms with Crippen LogP contribution in [-0.4, -0.2) is 50.9 Å². The Hall–Kier alpha value is -1.75. The van der Waals surface area contributed by atoms with Crippen LogP contribution in [0.4, 0.5) is 5.69 Å². The van der Waals surface area contributed by atoms with E-state index in [-0.39, 0.29) is 5.60 Å². The van der Waals surface area contributed by atoms with Gasteiger partial charge >= 0.3 is 0 Å². The predicted octanol–water partition coefficient (Wildman–Crippen LogP) is 2.64. The lowest BCUT2D eigenvalue weighted by Crippen LogP contribution is -2.41. The van der Waals surface area contributed by atoms with Crippen molar-refractivity contribution in [2.24, 2.45) is 10.9 Å². The predicted molar refractivity (Wildman–Crippen MR) is 104 cm³/mol. The van der Waals surface area contributed by atoms with Gasteiger partial charge in [-0.2, -0.15) is 0 Å². The summed E-state index contributed by atoms with van der Waals surface area (Å²) in [7, 11) is 0. The maximum absolute atomic E-state index is 5.84. The van der Waals surface area contributed by atoms with Crippen molar-refractivity contribution in [1.82, 2.24) is 10.6 Å². The molecule has 5 nitrogen and oxygen atoms in total. The summed E-state index contributed by atoms with van der Waals surface area (Å²) in [4.78, 5) is 7.24. The van der Waals surface area contributed by atoms with E-state index in [1.165, 1.54) is 12.1 Å². The van der Waals surface area contributed by atoms with Crippen molar-refractivity contribution in [2.45, 2.75) is 38.7 Å². The molecule has 2 N–H and O–H groups in total. The van der Waals surface area contributed by atoms with Crippen LogP contribution in [0.15, 0.2) is 35.3 Å². The highest BCUT2D eigenvalue weighted by atomic mass is 16.5. The number of ether oxygens (including phenoxy) is 1. The van der Waals surface area contributed by atoms with E-state index < -0.39 is 0 Å². The molecule has 0 bridgehead atoms. The molecule has 2 heterocycles. The molecule has 2 atom stereocenters. The van der Waals surface area contributed by atoms with Crippen LogP contribution in [0.2, 0.25) is 0 Å². The van der Waals surface area contributed by atoms with E-state index in [0.717, 1.165) is 58.1 Å². The third-order valence-electron chi connectivity index (χ3n) is 5.18. The van der Waals surface area contributed by atoms with Gasteiger partial charge in [-0.15, -0.1) is 0 Å². The molecule has 2 aliphatic heterocycles. The fraction of sp³-hybridized carbons (Fsp3) is 0.650. The molecule has 0 saturated carbocycles. The topological polar surface area (TPSA) is 48.9 Å². The Morgan fingerprint density at radius 3 is 2.88 bits per heavy atom. The maximum atomic E-state index is 5.84. The molecule has 0 aromatic heterocycles. The normalized spacial score (nSPS) is 26.9. The number of aliphatic imine (C=N–C) groups is 1. The molecule has 0 aliphatic carbocycles. The van der Waals surface area contributed by atoms with Gasteiger partial charge in [-0.25, -0.2) is 0 Å². The Labute approximate surface area is 151 Å². The smallest absolute Gasteiger partial charge is 0.191 e. The summed E-state index contributed by atoms with van der Waals surface area (Å²) >= 11 is 0. The fourth-order valence-electron chi connectivity index (χ4n) is 3.66. The Bertz CT molecular complexity index is 554. The molecule has 3 rings (SSSR count). The summed E-state index contributed by atoms with van der Waals surface area (Å²) in [6.45, 7) is 9.96. The largest absolute Gasteiger partial charge is 0.373 e. The fourth-order valence-corrected chi connectivity index (χ4v) is 3.66. The van der Waals surface area contributed by atoms with Gasteiger partial charge in [0.25, 0.3) is 0 Å². The van der Waals surface area contributed by atoms with E-state index in [2.05, 4.69) is 59.7 Å². The highest BCUT2D eigenvalue weighted by molar-refractivity contribution is 5.79. The van der Waals surface area contributed by atoms with Gasteiger partial charge < -0.3 is 20.3 Å². The van der Waals surface area contributed by atoms with E-state index in [9.17, 15) is 0 Å². The van der Waals surface area contributed by atoms with Gasteiger partial charge in [0.15, 0.2) is 5.96 Å². The monoisotopic (exact) mass is 344 g/mol. The molecule has 5 heteroatoms. The minimum absolute atomic E-state index is 0.0835. The maximum Gasteiger partial charge on any atom is 0.191 e. The SMILES string of the molecule is CCNC(=NCC1(C)CCCO1)NCC1CCN(c2ccccc2)C1. The summed E-state index contributed by atoms with van der Waals surface area (Å²) < 4.78 is 5.84. The van der Waals surface area contributed by atoms with Crippen molar-refractivity contribution >= 4 is 11.6 Å². The third-order valence-corrected chi connectivity index (χ3v) is 5.18. The Kier molecular flexibility index (Phi) is 6.19. The third kappa shape index (κ3) is 5.11. The molecule has 2 aliphatic rings. The first-order valence-electron chi connectivity index (χ1n) is 9.65. The van der Waals surface area contributed by atoms with Crippen LogP contribution in [0.25, 0.3) is 0 Å². The lowest BCUT2D eigenvalue weighted by atomic mass is 10.0. The number of anilines is 1. The highest BCUT2D eigenvalue weighted by Gasteiger charge is 2.29. The molecule has 0 radical (unpaired) electrons. The lowest BCUT2D eigenvalue weighted by molar-refractivity contribution is 0.0283. The summed E-state index contributed by atoms with van der Waals surface area (Å²) in [6.07, 6.45) is 3.47. The molecule has 2 unspecified atom stereocenters. The summed E-state index contributed by atoms with van der Waals surface area (Å²) in [5.41, 5.74) is 1.25. The summed E-state index contributed by atoms with van der Waals surface area (Å²) in [5.74, 6) is 1.57. The molecular weight excluding hydrogens is 312 g/mol. The van der Waals surface area contributed by atoms with Crippen LogP contribution in [0.3, 0.4) is 0 Å². The first-order chi connectivity index (χ1) is 12.2. The molecule has 1 aromatic rings. The number of nitrogens with zero attached hydrogens (tertiary/aromatic N) is 2. The molecule has 25 heavy (non-hydrogen) atoms. The number of hydrogen-bond donors (Lipinski definition) is 2. The van der Waals surface area contributed by atoms with Crippen molar-refractivity contribution < 1.29 is 4.74 Å². The van der Waals surface area contributed by atoms with E-state index in [4.69, 9.17) is 9.73 Å². The average molecular weight is 345 g/mol. The zero-order valence-electron chi connectivity index (χ0n) is 15.6. The lowest BCUT2D eigenvalue weighted by Gasteiger charge is -2.22. The zero-order valence-corrected chi connectivity index (χ0v) is 15.6. The van der Waals surface area contributed by atoms with Crippen LogP contribution in [-0.2, 0) is 4.74 Å². The van der Waals surface area contributed by atoms with Gasteiger partial charge in [0.2, 0.25) is 0 Å². The van der Waals surface area contributed by atoms with Gasteiger partial charge in [0.1, 0.15) is 0 Å². The molecule has 2 fully saturated rings. The number of rotatable bonds is 6. The van der Waals surface area contributed by atoms with Crippen molar-refractivity contribution in [3.05, 3.63) is 30.3 Å². The van der Waals surface area contributed by atoms with Crippen molar-refractivity contribution in [3.8, 4) is 0 Å². The second-order valence-electron chi connectivity index (χ2n) is 7.41. The van der Waals surface area contributed by atoms with Gasteiger partial charge in [-0.1, -0.05) is 18.2 Å². The van der Waals surface area contributed by atoms with Crippen molar-refractivity contribution in [1.29, 1.82) is 0 Å². The van der Waals surface area contributed by atoms with Gasteiger partial charge in [-0.05, 0) is 51.2 Å². The molecule has 0 spiro atoms. The second kappa shape index (κ2) is 8.56. The number of guanidine groups is 1. The number of para-hydroxylation sites is 1. The first kappa shape index (κ1) is 18.1. The first-order valence-corrected chi connectivity index (χ1v) is 9.65. The quantitative estimate of drug-likeness (QED) is 0.615. The summed E-state index contributed by atoms with van der Waals surface area (Å²) in [6, 6.07) is 10.7. The van der Waals surface area contributed by atoms with E-state index >= 15 is 0 Å². The highest BCUT2D eigenvalue weighted by Crippen LogP contribution is 2.25. The van der Waals surface area contributed by atoms with E-state index in [1.54, 1.807) is 0 Å². The van der Waals surface area contributed by atoms with Crippen LogP contribution in [0.1, 0.15) is 33.1 Å². The zero-order chi connectivity index (χ0) is 17.5. The Balaban J connectivity index is 1.48. The number of hydrogen-bond acceptors (Lipinski definition) is 3. The van der Waals surface area contributed by atoms with E-state index in [0.29, 0.717) is 5.92 Å². The number of nitrogens with one attached hydrogen (secondary N) is 2. The van der Waals surface area contributed by atoms with Gasteiger partial charge in [0, 0.05) is 38.5 Å². The van der Waals surface area contributed by atoms with Crippen LogP contribution < -0.4 is 15.5 Å². The van der Waals surface area contributed by atoms with E-state index in [1.807, 2.05) is 0 Å². The Morgan fingerprint density at radius 2 is 2.16 bits per heavy atom. The van der Waals surface area contributed by atoms with Crippen LogP contribution >= 0.6 is 0 Å². The number of benzene rings is 1. The van der Waals surface area contributed by atoms with Crippen LogP contribution in [0.5, 0.6) is 0 Å². The minimum atomic E-state index is -0.0835. The van der Waals surface area contributed by atoms with Crippen molar-refractivity contribution in [3.63, 3.8) is 0 Å². The van der Waals surface area contributed by atoms with Crippen LogP contribution in [0, 0.1) is 5.92 Å². The van der Waals surface area contributed by atoms with Gasteiger partial charge in [0.05, 0.1) is 12.1 Å². The average Bonchev–Trinajstić information content (AvgIpc) is 3.28. The van der Waals surface area contributed by atoms with Gasteiger partial charge in [-0.3, -0.25) is 4.99 Å². The molecule has 0 amide bonds. The molecule has 2 saturated heterocycles.